The number of carbonyl (C=O) groups is 1. The Morgan fingerprint density at radius 1 is 1.13 bits per heavy atom. The third-order valence-electron chi connectivity index (χ3n) is 3.64. The van der Waals surface area contributed by atoms with Gasteiger partial charge in [-0.05, 0) is 25.0 Å². The average Bonchev–Trinajstić information content (AvgIpc) is 2.96. The predicted octanol–water partition coefficient (Wildman–Crippen LogP) is 1.70. The van der Waals surface area contributed by atoms with E-state index in [4.69, 9.17) is 0 Å². The molecule has 0 heterocycles. The van der Waals surface area contributed by atoms with Crippen LogP contribution in [0.3, 0.4) is 0 Å². The summed E-state index contributed by atoms with van der Waals surface area (Å²) >= 11 is 0. The molecule has 0 unspecified atom stereocenters. The van der Waals surface area contributed by atoms with Gasteiger partial charge in [0, 0.05) is 12.6 Å². The lowest BCUT2D eigenvalue weighted by atomic mass is 10.2. The number of hydrogen-bond acceptors (Lipinski definition) is 3. The Morgan fingerprint density at radius 3 is 2.43 bits per heavy atom. The highest BCUT2D eigenvalue weighted by Gasteiger charge is 2.22. The molecule has 1 amide bonds. The second-order valence-electron chi connectivity index (χ2n) is 5.40. The van der Waals surface area contributed by atoms with Crippen molar-refractivity contribution in [2.75, 3.05) is 12.3 Å². The van der Waals surface area contributed by atoms with Crippen LogP contribution >= 0.6 is 0 Å². The van der Waals surface area contributed by atoms with E-state index in [1.165, 1.54) is 0 Å². The minimum absolute atomic E-state index is 0.0839. The molecular weight excluding hydrogens is 333 g/mol. The van der Waals surface area contributed by atoms with E-state index in [0.717, 1.165) is 31.7 Å². The third kappa shape index (κ3) is 4.68. The van der Waals surface area contributed by atoms with Gasteiger partial charge in [0.15, 0.2) is 17.5 Å². The second kappa shape index (κ2) is 7.31. The number of benzene rings is 1. The van der Waals surface area contributed by atoms with Gasteiger partial charge in [0.2, 0.25) is 10.0 Å². The Hall–Kier alpha value is -1.61. The molecule has 0 spiro atoms. The summed E-state index contributed by atoms with van der Waals surface area (Å²) in [7, 11) is -3.56. The van der Waals surface area contributed by atoms with Crippen LogP contribution in [-0.4, -0.2) is 32.7 Å². The van der Waals surface area contributed by atoms with Gasteiger partial charge in [-0.1, -0.05) is 12.8 Å². The van der Waals surface area contributed by atoms with Crippen molar-refractivity contribution in [3.63, 3.8) is 0 Å². The van der Waals surface area contributed by atoms with Gasteiger partial charge in [0.1, 0.15) is 0 Å². The third-order valence-corrected chi connectivity index (χ3v) is 5.07. The molecule has 0 aromatic heterocycles. The molecule has 0 aliphatic heterocycles. The Labute approximate surface area is 132 Å². The maximum atomic E-state index is 13.4. The SMILES string of the molecule is O=C(NCCS(=O)(=O)NC1CCCC1)c1ccc(F)c(F)c1F. The van der Waals surface area contributed by atoms with Gasteiger partial charge in [0.25, 0.3) is 5.91 Å². The maximum absolute atomic E-state index is 13.4. The van der Waals surface area contributed by atoms with Crippen molar-refractivity contribution in [3.05, 3.63) is 35.1 Å². The van der Waals surface area contributed by atoms with E-state index in [1.807, 2.05) is 0 Å². The lowest BCUT2D eigenvalue weighted by Crippen LogP contribution is -2.38. The fourth-order valence-corrected chi connectivity index (χ4v) is 3.68. The first-order valence-electron chi connectivity index (χ1n) is 7.22. The highest BCUT2D eigenvalue weighted by molar-refractivity contribution is 7.89. The van der Waals surface area contributed by atoms with Crippen molar-refractivity contribution in [3.8, 4) is 0 Å². The van der Waals surface area contributed by atoms with Gasteiger partial charge in [-0.2, -0.15) is 0 Å². The lowest BCUT2D eigenvalue weighted by molar-refractivity contribution is 0.0951. The van der Waals surface area contributed by atoms with E-state index in [2.05, 4.69) is 10.0 Å². The molecule has 9 heteroatoms. The molecule has 1 fully saturated rings. The predicted molar refractivity (Wildman–Crippen MR) is 77.8 cm³/mol. The molecule has 5 nitrogen and oxygen atoms in total. The zero-order chi connectivity index (χ0) is 17.0. The number of sulfonamides is 1. The summed E-state index contributed by atoms with van der Waals surface area (Å²) in [6.07, 6.45) is 3.51. The summed E-state index contributed by atoms with van der Waals surface area (Å²) < 4.78 is 65.5. The summed E-state index contributed by atoms with van der Waals surface area (Å²) in [4.78, 5) is 11.7. The average molecular weight is 350 g/mol. The Morgan fingerprint density at radius 2 is 1.78 bits per heavy atom. The molecule has 1 aliphatic rings. The molecule has 128 valence electrons. The van der Waals surface area contributed by atoms with Crippen LogP contribution < -0.4 is 10.0 Å². The van der Waals surface area contributed by atoms with Crippen molar-refractivity contribution in [1.29, 1.82) is 0 Å². The molecule has 2 rings (SSSR count). The number of amides is 1. The van der Waals surface area contributed by atoms with E-state index in [9.17, 15) is 26.4 Å². The molecule has 2 N–H and O–H groups in total. The summed E-state index contributed by atoms with van der Waals surface area (Å²) in [5.41, 5.74) is -0.676. The number of carbonyl (C=O) groups excluding carboxylic acids is 1. The van der Waals surface area contributed by atoms with Gasteiger partial charge in [-0.15, -0.1) is 0 Å². The normalized spacial score (nSPS) is 15.8. The Balaban J connectivity index is 1.88. The first kappa shape index (κ1) is 17.7. The number of halogens is 3. The zero-order valence-corrected chi connectivity index (χ0v) is 13.1. The van der Waals surface area contributed by atoms with Gasteiger partial charge in [0.05, 0.1) is 11.3 Å². The van der Waals surface area contributed by atoms with Crippen LogP contribution in [0, 0.1) is 17.5 Å². The van der Waals surface area contributed by atoms with E-state index in [-0.39, 0.29) is 18.3 Å². The van der Waals surface area contributed by atoms with Crippen LogP contribution in [0.1, 0.15) is 36.0 Å². The Bertz CT molecular complexity index is 689. The Kier molecular flexibility index (Phi) is 5.64. The maximum Gasteiger partial charge on any atom is 0.254 e. The summed E-state index contributed by atoms with van der Waals surface area (Å²) in [5.74, 6) is -6.12. The van der Waals surface area contributed by atoms with Gasteiger partial charge < -0.3 is 5.32 Å². The topological polar surface area (TPSA) is 75.3 Å². The molecular formula is C14H17F3N2O3S. The quantitative estimate of drug-likeness (QED) is 0.767. The molecule has 0 atom stereocenters. The summed E-state index contributed by atoms with van der Waals surface area (Å²) in [6.45, 7) is -0.265. The highest BCUT2D eigenvalue weighted by Crippen LogP contribution is 2.18. The van der Waals surface area contributed by atoms with Crippen molar-refractivity contribution < 1.29 is 26.4 Å². The zero-order valence-electron chi connectivity index (χ0n) is 12.2. The fourth-order valence-electron chi connectivity index (χ4n) is 2.45. The largest absolute Gasteiger partial charge is 0.351 e. The molecule has 0 saturated heterocycles. The molecule has 1 saturated carbocycles. The van der Waals surface area contributed by atoms with Crippen LogP contribution in [0.5, 0.6) is 0 Å². The monoisotopic (exact) mass is 350 g/mol. The summed E-state index contributed by atoms with van der Waals surface area (Å²) in [5, 5.41) is 2.18. The van der Waals surface area contributed by atoms with Crippen LogP contribution in [0.15, 0.2) is 12.1 Å². The van der Waals surface area contributed by atoms with Crippen molar-refractivity contribution in [2.24, 2.45) is 0 Å². The van der Waals surface area contributed by atoms with Crippen LogP contribution in [0.4, 0.5) is 13.2 Å². The van der Waals surface area contributed by atoms with Gasteiger partial charge in [-0.25, -0.2) is 26.3 Å². The van der Waals surface area contributed by atoms with E-state index >= 15 is 0 Å². The smallest absolute Gasteiger partial charge is 0.254 e. The first-order chi connectivity index (χ1) is 10.8. The van der Waals surface area contributed by atoms with Gasteiger partial charge >= 0.3 is 0 Å². The fraction of sp³-hybridized carbons (Fsp3) is 0.500. The standard InChI is InChI=1S/C14H17F3N2O3S/c15-11-6-5-10(12(16)13(11)17)14(20)18-7-8-23(21,22)19-9-3-1-2-4-9/h5-6,9,19H,1-4,7-8H2,(H,18,20). The minimum Gasteiger partial charge on any atom is -0.351 e. The van der Waals surface area contributed by atoms with E-state index in [0.29, 0.717) is 6.07 Å². The van der Waals surface area contributed by atoms with Gasteiger partial charge in [-0.3, -0.25) is 4.79 Å². The molecule has 0 radical (unpaired) electrons. The van der Waals surface area contributed by atoms with E-state index < -0.39 is 38.9 Å². The molecule has 1 aliphatic carbocycles. The highest BCUT2D eigenvalue weighted by atomic mass is 32.2. The van der Waals surface area contributed by atoms with Crippen molar-refractivity contribution >= 4 is 15.9 Å². The lowest BCUT2D eigenvalue weighted by Gasteiger charge is -2.13. The van der Waals surface area contributed by atoms with Crippen LogP contribution in [0.25, 0.3) is 0 Å². The minimum atomic E-state index is -3.56. The number of nitrogens with one attached hydrogen (secondary N) is 2. The van der Waals surface area contributed by atoms with Crippen molar-refractivity contribution in [2.45, 2.75) is 31.7 Å². The summed E-state index contributed by atoms with van der Waals surface area (Å²) in [6, 6.07) is 1.35. The second-order valence-corrected chi connectivity index (χ2v) is 7.27. The van der Waals surface area contributed by atoms with Crippen molar-refractivity contribution in [1.82, 2.24) is 10.0 Å². The molecule has 1 aromatic carbocycles. The number of hydrogen-bond donors (Lipinski definition) is 2. The van der Waals surface area contributed by atoms with Crippen LogP contribution in [-0.2, 0) is 10.0 Å². The first-order valence-corrected chi connectivity index (χ1v) is 8.87. The molecule has 23 heavy (non-hydrogen) atoms. The van der Waals surface area contributed by atoms with E-state index in [1.54, 1.807) is 0 Å². The molecule has 0 bridgehead atoms. The number of rotatable bonds is 6. The van der Waals surface area contributed by atoms with Crippen LogP contribution in [0.2, 0.25) is 0 Å². The molecule has 1 aromatic rings.